The lowest BCUT2D eigenvalue weighted by Crippen LogP contribution is -2.15. The SMILES string of the molecule is C1=CC=CNC=C1.O=S(=O)(CC=Cc1ccc(C(F)(F)F)cc1)C1=CCCc2c1ccc1c2CCc2ccccc2-1. The number of nitrogens with one attached hydrogen (secondary N) is 1. The second-order valence-electron chi connectivity index (χ2n) is 9.96. The van der Waals surface area contributed by atoms with Gasteiger partial charge in [-0.1, -0.05) is 78.9 Å². The zero-order valence-corrected chi connectivity index (χ0v) is 23.2. The van der Waals surface area contributed by atoms with Crippen LogP contribution in [0.3, 0.4) is 0 Å². The van der Waals surface area contributed by atoms with E-state index in [2.05, 4.69) is 17.4 Å². The summed E-state index contributed by atoms with van der Waals surface area (Å²) in [5.41, 5.74) is 6.69. The van der Waals surface area contributed by atoms with Crippen LogP contribution in [0.4, 0.5) is 13.2 Å². The van der Waals surface area contributed by atoms with Gasteiger partial charge in [0.2, 0.25) is 0 Å². The predicted molar refractivity (Wildman–Crippen MR) is 160 cm³/mol. The fourth-order valence-electron chi connectivity index (χ4n) is 5.35. The highest BCUT2D eigenvalue weighted by Crippen LogP contribution is 2.41. The normalized spacial score (nSPS) is 15.5. The molecule has 1 N–H and O–H groups in total. The maximum atomic E-state index is 13.2. The molecule has 210 valence electrons. The Kier molecular flexibility index (Phi) is 8.45. The third kappa shape index (κ3) is 6.63. The van der Waals surface area contributed by atoms with E-state index in [1.165, 1.54) is 40.5 Å². The van der Waals surface area contributed by atoms with Gasteiger partial charge in [-0.3, -0.25) is 0 Å². The average Bonchev–Trinajstić information content (AvgIpc) is 3.30. The molecule has 0 atom stereocenters. The van der Waals surface area contributed by atoms with Crippen LogP contribution in [0.15, 0.2) is 110 Å². The van der Waals surface area contributed by atoms with Gasteiger partial charge in [-0.2, -0.15) is 13.2 Å². The highest BCUT2D eigenvalue weighted by molar-refractivity contribution is 8.00. The van der Waals surface area contributed by atoms with E-state index in [0.717, 1.165) is 42.5 Å². The molecule has 7 heteroatoms. The lowest BCUT2D eigenvalue weighted by atomic mass is 9.79. The van der Waals surface area contributed by atoms with E-state index in [1.807, 2.05) is 61.0 Å². The first-order valence-corrected chi connectivity index (χ1v) is 15.1. The number of allylic oxidation sites excluding steroid dienone is 5. The topological polar surface area (TPSA) is 46.2 Å². The summed E-state index contributed by atoms with van der Waals surface area (Å²) in [7, 11) is -3.59. The van der Waals surface area contributed by atoms with Gasteiger partial charge in [0, 0.05) is 12.4 Å². The third-order valence-corrected chi connectivity index (χ3v) is 8.98. The summed E-state index contributed by atoms with van der Waals surface area (Å²) >= 11 is 0. The van der Waals surface area contributed by atoms with Gasteiger partial charge in [0.05, 0.1) is 16.2 Å². The van der Waals surface area contributed by atoms with E-state index in [0.29, 0.717) is 16.9 Å². The molecule has 0 saturated heterocycles. The minimum absolute atomic E-state index is 0.209. The maximum Gasteiger partial charge on any atom is 0.416 e. The number of benzene rings is 3. The molecule has 6 rings (SSSR count). The summed E-state index contributed by atoms with van der Waals surface area (Å²) in [4.78, 5) is 0.354. The van der Waals surface area contributed by atoms with Gasteiger partial charge in [-0.15, -0.1) is 0 Å². The maximum absolute atomic E-state index is 13.2. The number of sulfone groups is 1. The predicted octanol–water partition coefficient (Wildman–Crippen LogP) is 8.06. The molecule has 0 aromatic heterocycles. The van der Waals surface area contributed by atoms with Crippen molar-refractivity contribution in [3.63, 3.8) is 0 Å². The quantitative estimate of drug-likeness (QED) is 0.343. The molecule has 0 fully saturated rings. The first kappa shape index (κ1) is 28.4. The fraction of sp³-hybridized carbons (Fsp3) is 0.176. The zero-order chi connectivity index (χ0) is 28.9. The Bertz CT molecular complexity index is 1660. The molecule has 0 unspecified atom stereocenters. The van der Waals surface area contributed by atoms with Crippen LogP contribution in [-0.2, 0) is 35.3 Å². The standard InChI is InChI=1S/C28H23F3O2S.C6H7N/c29-28(30,31)21-13-10-19(11-14-21)5-4-18-34(32,33)27-9-3-8-23-25-15-12-20-6-1-2-7-22(20)24(25)16-17-26(23)27;1-2-4-6-7-5-3-1/h1-2,4-7,9-11,13-14,16-17H,3,8,12,15,18H2;1-7H. The highest BCUT2D eigenvalue weighted by atomic mass is 32.2. The molecule has 0 spiro atoms. The molecular formula is C34H30F3NO2S. The summed E-state index contributed by atoms with van der Waals surface area (Å²) in [6.45, 7) is 0. The Morgan fingerprint density at radius 2 is 1.44 bits per heavy atom. The van der Waals surface area contributed by atoms with Crippen molar-refractivity contribution in [2.75, 3.05) is 5.75 Å². The van der Waals surface area contributed by atoms with Crippen molar-refractivity contribution in [2.45, 2.75) is 31.9 Å². The number of fused-ring (bicyclic) bond motifs is 5. The Balaban J connectivity index is 0.000000423. The molecule has 3 aliphatic rings. The number of halogens is 3. The fourth-order valence-corrected chi connectivity index (χ4v) is 6.78. The Morgan fingerprint density at radius 1 is 0.756 bits per heavy atom. The van der Waals surface area contributed by atoms with Crippen molar-refractivity contribution < 1.29 is 21.6 Å². The molecule has 1 aliphatic heterocycles. The Morgan fingerprint density at radius 3 is 2.17 bits per heavy atom. The molecule has 41 heavy (non-hydrogen) atoms. The van der Waals surface area contributed by atoms with Crippen LogP contribution in [-0.4, -0.2) is 14.2 Å². The summed E-state index contributed by atoms with van der Waals surface area (Å²) in [6.07, 6.45) is 15.4. The smallest absolute Gasteiger partial charge is 0.368 e. The summed E-state index contributed by atoms with van der Waals surface area (Å²) < 4.78 is 64.6. The number of rotatable bonds is 4. The van der Waals surface area contributed by atoms with E-state index in [-0.39, 0.29) is 5.75 Å². The van der Waals surface area contributed by atoms with Crippen LogP contribution in [0.2, 0.25) is 0 Å². The molecular weight excluding hydrogens is 543 g/mol. The number of alkyl halides is 3. The van der Waals surface area contributed by atoms with E-state index in [9.17, 15) is 21.6 Å². The molecule has 3 nitrogen and oxygen atoms in total. The van der Waals surface area contributed by atoms with Gasteiger partial charge in [-0.25, -0.2) is 8.42 Å². The monoisotopic (exact) mass is 573 g/mol. The second-order valence-corrected chi connectivity index (χ2v) is 12.0. The summed E-state index contributed by atoms with van der Waals surface area (Å²) in [6, 6.07) is 17.0. The van der Waals surface area contributed by atoms with E-state index >= 15 is 0 Å². The first-order valence-electron chi connectivity index (χ1n) is 13.5. The van der Waals surface area contributed by atoms with Gasteiger partial charge < -0.3 is 5.32 Å². The number of aryl methyl sites for hydroxylation is 1. The van der Waals surface area contributed by atoms with Crippen molar-refractivity contribution in [1.82, 2.24) is 5.32 Å². The van der Waals surface area contributed by atoms with Crippen LogP contribution in [0.25, 0.3) is 22.1 Å². The van der Waals surface area contributed by atoms with Gasteiger partial charge in [0.1, 0.15) is 0 Å². The van der Waals surface area contributed by atoms with Crippen LogP contribution in [0.1, 0.15) is 39.8 Å². The van der Waals surface area contributed by atoms with Crippen molar-refractivity contribution in [1.29, 1.82) is 0 Å². The van der Waals surface area contributed by atoms with Crippen molar-refractivity contribution >= 4 is 20.8 Å². The number of hydrogen-bond acceptors (Lipinski definition) is 3. The zero-order valence-electron chi connectivity index (χ0n) is 22.4. The van der Waals surface area contributed by atoms with Crippen LogP contribution in [0.5, 0.6) is 0 Å². The van der Waals surface area contributed by atoms with E-state index in [4.69, 9.17) is 0 Å². The lowest BCUT2D eigenvalue weighted by Gasteiger charge is -2.27. The summed E-state index contributed by atoms with van der Waals surface area (Å²) in [5.74, 6) is -0.209. The molecule has 3 aromatic carbocycles. The molecule has 0 saturated carbocycles. The highest BCUT2D eigenvalue weighted by Gasteiger charge is 2.30. The van der Waals surface area contributed by atoms with Gasteiger partial charge in [0.25, 0.3) is 0 Å². The Labute approximate surface area is 239 Å². The minimum atomic E-state index is -4.40. The molecule has 1 heterocycles. The number of hydrogen-bond donors (Lipinski definition) is 1. The molecule has 2 aliphatic carbocycles. The third-order valence-electron chi connectivity index (χ3n) is 7.29. The van der Waals surface area contributed by atoms with Gasteiger partial charge in [-0.05, 0) is 88.9 Å². The van der Waals surface area contributed by atoms with Crippen LogP contribution < -0.4 is 5.32 Å². The second kappa shape index (κ2) is 12.2. The molecule has 0 radical (unpaired) electrons. The van der Waals surface area contributed by atoms with Crippen molar-refractivity contribution in [3.8, 4) is 11.1 Å². The lowest BCUT2D eigenvalue weighted by molar-refractivity contribution is -0.137. The first-order chi connectivity index (χ1) is 19.7. The largest absolute Gasteiger partial charge is 0.416 e. The van der Waals surface area contributed by atoms with Gasteiger partial charge in [0.15, 0.2) is 9.84 Å². The van der Waals surface area contributed by atoms with Crippen LogP contribution in [0, 0.1) is 0 Å². The molecule has 3 aromatic rings. The molecule has 0 bridgehead atoms. The minimum Gasteiger partial charge on any atom is -0.368 e. The molecule has 0 amide bonds. The van der Waals surface area contributed by atoms with Crippen molar-refractivity contribution in [3.05, 3.63) is 143 Å². The average molecular weight is 574 g/mol. The van der Waals surface area contributed by atoms with E-state index in [1.54, 1.807) is 12.2 Å². The van der Waals surface area contributed by atoms with Crippen molar-refractivity contribution in [2.24, 2.45) is 0 Å². The van der Waals surface area contributed by atoms with E-state index < -0.39 is 21.6 Å². The van der Waals surface area contributed by atoms with Gasteiger partial charge >= 0.3 is 6.18 Å². The Hall–Kier alpha value is -4.10. The van der Waals surface area contributed by atoms with Crippen LogP contribution >= 0.6 is 0 Å². The summed E-state index contributed by atoms with van der Waals surface area (Å²) in [5, 5.41) is 2.92.